The molecule has 0 unspecified atom stereocenters. The van der Waals surface area contributed by atoms with Gasteiger partial charge in [-0.05, 0) is 0 Å². The molecule has 25 heavy (non-hydrogen) atoms. The molecule has 0 bridgehead atoms. The molecule has 0 amide bonds. The Morgan fingerprint density at radius 3 is 1.12 bits per heavy atom. The van der Waals surface area contributed by atoms with E-state index < -0.39 is 58.4 Å². The zero-order chi connectivity index (χ0) is 20.9. The molecule has 0 saturated carbocycles. The number of rotatable bonds is 7. The predicted octanol–water partition coefficient (Wildman–Crippen LogP) is 7.24. The van der Waals surface area contributed by atoms with E-state index in [1.807, 2.05) is 0 Å². The summed E-state index contributed by atoms with van der Waals surface area (Å²) in [6.07, 6.45) is -9.58. The predicted molar refractivity (Wildman–Crippen MR) is 72.7 cm³/mol. The van der Waals surface area contributed by atoms with Gasteiger partial charge in [-0.25, -0.2) is 0 Å². The molecular weight excluding hydrogens is 701 g/mol. The van der Waals surface area contributed by atoms with Crippen LogP contribution in [0.3, 0.4) is 0 Å². The van der Waals surface area contributed by atoms with E-state index in [0.29, 0.717) is 0 Å². The van der Waals surface area contributed by atoms with Crippen molar-refractivity contribution in [2.45, 2.75) is 46.6 Å². The van der Waals surface area contributed by atoms with E-state index in [-0.39, 0.29) is 0 Å². The van der Waals surface area contributed by atoms with E-state index >= 15 is 0 Å². The quantitative estimate of drug-likeness (QED) is 0.194. The number of hydrogen-bond donors (Lipinski definition) is 0. The van der Waals surface area contributed by atoms with E-state index in [9.17, 15) is 57.1 Å². The molecule has 0 radical (unpaired) electrons. The molecular formula is C8H4Br3F13Sn. The van der Waals surface area contributed by atoms with Gasteiger partial charge in [0.1, 0.15) is 0 Å². The van der Waals surface area contributed by atoms with Crippen LogP contribution in [0.1, 0.15) is 6.42 Å². The van der Waals surface area contributed by atoms with Gasteiger partial charge in [0.15, 0.2) is 0 Å². The Balaban J connectivity index is 6.03. The van der Waals surface area contributed by atoms with Gasteiger partial charge in [0.2, 0.25) is 0 Å². The maximum absolute atomic E-state index is 13.3. The van der Waals surface area contributed by atoms with Gasteiger partial charge >= 0.3 is 154 Å². The first kappa shape index (κ1) is 26.3. The minimum atomic E-state index is -7.84. The fraction of sp³-hybridized carbons (Fsp3) is 1.00. The zero-order valence-corrected chi connectivity index (χ0v) is 18.6. The van der Waals surface area contributed by atoms with Crippen LogP contribution in [0.15, 0.2) is 0 Å². The van der Waals surface area contributed by atoms with Gasteiger partial charge in [-0.15, -0.1) is 0 Å². The second-order valence-electron chi connectivity index (χ2n) is 4.61. The molecule has 17 heteroatoms. The molecule has 0 atom stereocenters. The summed E-state index contributed by atoms with van der Waals surface area (Å²) in [6.45, 7) is 0. The monoisotopic (exact) mass is 704 g/mol. The summed E-state index contributed by atoms with van der Waals surface area (Å²) in [5.74, 6) is -36.5. The van der Waals surface area contributed by atoms with Gasteiger partial charge in [0, 0.05) is 0 Å². The van der Waals surface area contributed by atoms with Crippen LogP contribution in [0.5, 0.6) is 0 Å². The Morgan fingerprint density at radius 1 is 0.520 bits per heavy atom. The van der Waals surface area contributed by atoms with Gasteiger partial charge in [-0.2, -0.15) is 0 Å². The van der Waals surface area contributed by atoms with E-state index in [1.165, 1.54) is 0 Å². The van der Waals surface area contributed by atoms with Crippen LogP contribution in [0, 0.1) is 0 Å². The molecule has 0 rings (SSSR count). The average molecular weight is 706 g/mol. The fourth-order valence-electron chi connectivity index (χ4n) is 1.26. The third kappa shape index (κ3) is 4.85. The van der Waals surface area contributed by atoms with Crippen molar-refractivity contribution in [3.05, 3.63) is 0 Å². The molecule has 0 aromatic heterocycles. The van der Waals surface area contributed by atoms with E-state index in [1.54, 1.807) is 0 Å². The zero-order valence-electron chi connectivity index (χ0n) is 11.0. The summed E-state index contributed by atoms with van der Waals surface area (Å²) in [5.41, 5.74) is 0. The molecule has 0 aliphatic heterocycles. The SMILES string of the molecule is FC(F)(F)C(F)(F)C(F)(F)C(F)(F)C(F)(F)C(F)(F)C[CH2][Sn]([Br])([Br])[Br]. The van der Waals surface area contributed by atoms with E-state index in [0.717, 1.165) is 0 Å². The summed E-state index contributed by atoms with van der Waals surface area (Å²) in [4.78, 5) is 0. The van der Waals surface area contributed by atoms with Crippen molar-refractivity contribution in [2.75, 3.05) is 0 Å². The Morgan fingerprint density at radius 2 is 0.840 bits per heavy atom. The summed E-state index contributed by atoms with van der Waals surface area (Å²) >= 11 is 4.24. The average Bonchev–Trinajstić information content (AvgIpc) is 2.33. The molecule has 0 aromatic rings. The second-order valence-corrected chi connectivity index (χ2v) is 58.2. The molecule has 0 aromatic carbocycles. The first-order valence-corrected chi connectivity index (χ1v) is 26.7. The van der Waals surface area contributed by atoms with Crippen molar-refractivity contribution in [1.29, 1.82) is 0 Å². The number of alkyl halides is 13. The summed E-state index contributed by atoms with van der Waals surface area (Å²) in [6, 6.07) is 0. The Bertz CT molecular complexity index is 481. The van der Waals surface area contributed by atoms with Gasteiger partial charge in [0.25, 0.3) is 0 Å². The Labute approximate surface area is 153 Å². The maximum atomic E-state index is 13.3. The molecule has 0 heterocycles. The van der Waals surface area contributed by atoms with Gasteiger partial charge in [0.05, 0.1) is 0 Å². The molecule has 0 fully saturated rings. The van der Waals surface area contributed by atoms with Crippen LogP contribution in [0.25, 0.3) is 0 Å². The van der Waals surface area contributed by atoms with Crippen molar-refractivity contribution in [2.24, 2.45) is 0 Å². The number of halogens is 16. The topological polar surface area (TPSA) is 0 Å². The third-order valence-electron chi connectivity index (χ3n) is 2.72. The first-order valence-electron chi connectivity index (χ1n) is 5.48. The molecule has 0 saturated heterocycles. The van der Waals surface area contributed by atoms with Crippen molar-refractivity contribution < 1.29 is 57.1 Å². The molecule has 0 spiro atoms. The van der Waals surface area contributed by atoms with Gasteiger partial charge in [-0.1, -0.05) is 0 Å². The van der Waals surface area contributed by atoms with Crippen LogP contribution >= 0.6 is 38.1 Å². The van der Waals surface area contributed by atoms with Crippen molar-refractivity contribution >= 4 is 49.8 Å². The normalized spacial score (nSPS) is 16.3. The minimum absolute atomic E-state index is 0.978. The molecule has 152 valence electrons. The van der Waals surface area contributed by atoms with Crippen molar-refractivity contribution in [3.8, 4) is 0 Å². The van der Waals surface area contributed by atoms with Gasteiger partial charge < -0.3 is 0 Å². The standard InChI is InChI=1S/C8H4F13.3BrH.Sn/c1-2-3(9,10)4(11,12)5(13,14)6(15,16)7(17,18)8(19,20)21;;;;/h1-2H2;3*1H;/q;;;;+3/p-3. The van der Waals surface area contributed by atoms with Gasteiger partial charge in [-0.3, -0.25) is 0 Å². The van der Waals surface area contributed by atoms with Crippen molar-refractivity contribution in [3.63, 3.8) is 0 Å². The van der Waals surface area contributed by atoms with Crippen LogP contribution in [0.2, 0.25) is 4.44 Å². The second kappa shape index (κ2) is 7.30. The summed E-state index contributed by atoms with van der Waals surface area (Å²) in [5, 5.41) is 0. The van der Waals surface area contributed by atoms with Crippen LogP contribution in [0.4, 0.5) is 57.1 Å². The van der Waals surface area contributed by atoms with E-state index in [4.69, 9.17) is 0 Å². The summed E-state index contributed by atoms with van der Waals surface area (Å²) < 4.78 is 165. The van der Waals surface area contributed by atoms with Crippen molar-refractivity contribution in [1.82, 2.24) is 0 Å². The first-order chi connectivity index (χ1) is 10.5. The van der Waals surface area contributed by atoms with E-state index in [2.05, 4.69) is 38.1 Å². The molecule has 0 aliphatic carbocycles. The Kier molecular flexibility index (Phi) is 7.68. The Hall–Kier alpha value is 1.33. The number of hydrogen-bond acceptors (Lipinski definition) is 0. The van der Waals surface area contributed by atoms with Crippen LogP contribution in [-0.2, 0) is 0 Å². The summed E-state index contributed by atoms with van der Waals surface area (Å²) in [7, 11) is 0. The fourth-order valence-corrected chi connectivity index (χ4v) is 6.95. The molecule has 0 nitrogen and oxygen atoms in total. The van der Waals surface area contributed by atoms with Crippen LogP contribution < -0.4 is 0 Å². The van der Waals surface area contributed by atoms with Crippen LogP contribution in [-0.4, -0.2) is 47.5 Å². The third-order valence-corrected chi connectivity index (χ3v) is 13.0. The molecule has 0 N–H and O–H groups in total. The molecule has 0 aliphatic rings.